The Hall–Kier alpha value is -2.43. The number of piperidine rings is 1. The average molecular weight is 368 g/mol. The first-order valence-corrected chi connectivity index (χ1v) is 9.88. The van der Waals surface area contributed by atoms with Gasteiger partial charge in [0, 0.05) is 25.9 Å². The van der Waals surface area contributed by atoms with Crippen molar-refractivity contribution in [3.05, 3.63) is 53.7 Å². The van der Waals surface area contributed by atoms with Crippen LogP contribution < -0.4 is 0 Å². The van der Waals surface area contributed by atoms with E-state index in [1.807, 2.05) is 17.0 Å². The van der Waals surface area contributed by atoms with Crippen molar-refractivity contribution in [1.29, 1.82) is 0 Å². The van der Waals surface area contributed by atoms with Gasteiger partial charge in [-0.15, -0.1) is 0 Å². The number of hydrogen-bond acceptors (Lipinski definition) is 4. The van der Waals surface area contributed by atoms with E-state index in [1.165, 1.54) is 23.6 Å². The third-order valence-corrected chi connectivity index (χ3v) is 5.52. The number of carbonyl (C=O) groups is 2. The number of benzene rings is 1. The Morgan fingerprint density at radius 1 is 1.19 bits per heavy atom. The fourth-order valence-corrected chi connectivity index (χ4v) is 3.78. The number of aromatic nitrogens is 1. The largest absolute Gasteiger partial charge is 0.442 e. The zero-order valence-electron chi connectivity index (χ0n) is 16.0. The van der Waals surface area contributed by atoms with E-state index in [9.17, 15) is 9.59 Å². The predicted octanol–water partition coefficient (Wildman–Crippen LogP) is 4.21. The van der Waals surface area contributed by atoms with Crippen LogP contribution in [-0.2, 0) is 11.2 Å². The number of hydrogen-bond donors (Lipinski definition) is 0. The lowest BCUT2D eigenvalue weighted by molar-refractivity contribution is -0.132. The van der Waals surface area contributed by atoms with Crippen molar-refractivity contribution in [1.82, 2.24) is 9.88 Å². The number of nitrogens with zero attached hydrogens (tertiary/aromatic N) is 2. The fourth-order valence-electron chi connectivity index (χ4n) is 3.78. The molecule has 5 nitrogen and oxygen atoms in total. The summed E-state index contributed by atoms with van der Waals surface area (Å²) in [5, 5.41) is 0. The van der Waals surface area contributed by atoms with Gasteiger partial charge in [0.2, 0.25) is 11.7 Å². The number of carbonyl (C=O) groups excluding carboxylic acids is 2. The number of ketones is 1. The molecule has 0 atom stereocenters. The van der Waals surface area contributed by atoms with Crippen LogP contribution in [0.1, 0.15) is 60.3 Å². The molecule has 0 N–H and O–H groups in total. The van der Waals surface area contributed by atoms with Crippen LogP contribution in [-0.4, -0.2) is 34.7 Å². The summed E-state index contributed by atoms with van der Waals surface area (Å²) in [6.07, 6.45) is 8.75. The lowest BCUT2D eigenvalue weighted by Crippen LogP contribution is -2.38. The molecule has 0 bridgehead atoms. The molecule has 0 unspecified atom stereocenters. The van der Waals surface area contributed by atoms with E-state index in [4.69, 9.17) is 4.42 Å². The first kappa shape index (κ1) is 19.3. The third kappa shape index (κ3) is 5.52. The molecule has 1 aromatic heterocycles. The molecule has 0 saturated carbocycles. The number of Topliss-reactive ketones (excluding diaryl/α,β-unsaturated/α-hetero) is 1. The molecular weight excluding hydrogens is 340 g/mol. The van der Waals surface area contributed by atoms with E-state index in [-0.39, 0.29) is 17.6 Å². The van der Waals surface area contributed by atoms with E-state index in [0.717, 1.165) is 45.2 Å². The van der Waals surface area contributed by atoms with Gasteiger partial charge in [-0.05, 0) is 56.1 Å². The van der Waals surface area contributed by atoms with Gasteiger partial charge < -0.3 is 9.32 Å². The van der Waals surface area contributed by atoms with Gasteiger partial charge in [0.25, 0.3) is 5.89 Å². The summed E-state index contributed by atoms with van der Waals surface area (Å²) in [5.74, 6) is 1.05. The van der Waals surface area contributed by atoms with Gasteiger partial charge in [-0.3, -0.25) is 9.59 Å². The Kier molecular flexibility index (Phi) is 6.80. The summed E-state index contributed by atoms with van der Waals surface area (Å²) in [4.78, 5) is 30.3. The number of likely N-dealkylation sites (tertiary alicyclic amines) is 1. The lowest BCUT2D eigenvalue weighted by atomic mass is 9.91. The quantitative estimate of drug-likeness (QED) is 0.655. The van der Waals surface area contributed by atoms with Gasteiger partial charge in [-0.2, -0.15) is 0 Å². The van der Waals surface area contributed by atoms with Gasteiger partial charge in [-0.1, -0.05) is 24.3 Å². The first-order valence-electron chi connectivity index (χ1n) is 9.88. The average Bonchev–Trinajstić information content (AvgIpc) is 3.22. The number of aryl methyl sites for hydroxylation is 2. The zero-order valence-corrected chi connectivity index (χ0v) is 16.0. The van der Waals surface area contributed by atoms with E-state index in [2.05, 4.69) is 24.0 Å². The van der Waals surface area contributed by atoms with E-state index in [1.54, 1.807) is 0 Å². The zero-order chi connectivity index (χ0) is 19.1. The fraction of sp³-hybridized carbons (Fsp3) is 0.500. The second-order valence-electron chi connectivity index (χ2n) is 7.40. The highest BCUT2D eigenvalue weighted by Gasteiger charge is 2.23. The van der Waals surface area contributed by atoms with Crippen LogP contribution in [0.2, 0.25) is 0 Å². The van der Waals surface area contributed by atoms with Gasteiger partial charge in [-0.25, -0.2) is 4.98 Å². The molecule has 0 aliphatic carbocycles. The van der Waals surface area contributed by atoms with E-state index in [0.29, 0.717) is 18.8 Å². The molecule has 5 heteroatoms. The second kappa shape index (κ2) is 9.49. The van der Waals surface area contributed by atoms with Crippen molar-refractivity contribution in [3.63, 3.8) is 0 Å². The molecule has 1 saturated heterocycles. The molecule has 2 heterocycles. The van der Waals surface area contributed by atoms with Crippen LogP contribution in [0.15, 0.2) is 41.1 Å². The van der Waals surface area contributed by atoms with Crippen molar-refractivity contribution in [2.45, 2.75) is 51.9 Å². The van der Waals surface area contributed by atoms with Crippen molar-refractivity contribution in [2.24, 2.45) is 5.92 Å². The molecule has 1 amide bonds. The Balaban J connectivity index is 1.34. The van der Waals surface area contributed by atoms with Crippen molar-refractivity contribution >= 4 is 11.7 Å². The van der Waals surface area contributed by atoms with Gasteiger partial charge in [0.1, 0.15) is 6.26 Å². The number of oxazole rings is 1. The van der Waals surface area contributed by atoms with Crippen LogP contribution >= 0.6 is 0 Å². The molecule has 27 heavy (non-hydrogen) atoms. The summed E-state index contributed by atoms with van der Waals surface area (Å²) < 4.78 is 5.04. The molecule has 0 spiro atoms. The minimum absolute atomic E-state index is 0.0242. The topological polar surface area (TPSA) is 63.4 Å². The predicted molar refractivity (Wildman–Crippen MR) is 103 cm³/mol. The maximum atomic E-state index is 12.5. The third-order valence-electron chi connectivity index (χ3n) is 5.52. The maximum Gasteiger partial charge on any atom is 0.263 e. The normalized spacial score (nSPS) is 15.1. The van der Waals surface area contributed by atoms with E-state index >= 15 is 0 Å². The van der Waals surface area contributed by atoms with Crippen molar-refractivity contribution in [3.8, 4) is 0 Å². The molecule has 1 aliphatic rings. The molecule has 0 radical (unpaired) electrons. The number of amides is 1. The Morgan fingerprint density at radius 2 is 1.96 bits per heavy atom. The highest BCUT2D eigenvalue weighted by atomic mass is 16.3. The molecule has 1 aliphatic heterocycles. The monoisotopic (exact) mass is 368 g/mol. The highest BCUT2D eigenvalue weighted by molar-refractivity contribution is 5.91. The van der Waals surface area contributed by atoms with Crippen LogP contribution in [0.4, 0.5) is 0 Å². The molecule has 144 valence electrons. The minimum Gasteiger partial charge on any atom is -0.442 e. The van der Waals surface area contributed by atoms with Gasteiger partial charge >= 0.3 is 0 Å². The Labute approximate surface area is 160 Å². The number of rotatable bonds is 8. The summed E-state index contributed by atoms with van der Waals surface area (Å²) in [5.41, 5.74) is 2.51. The smallest absolute Gasteiger partial charge is 0.263 e. The lowest BCUT2D eigenvalue weighted by Gasteiger charge is -2.32. The summed E-state index contributed by atoms with van der Waals surface area (Å²) in [6.45, 7) is 3.77. The summed E-state index contributed by atoms with van der Waals surface area (Å²) in [6, 6.07) is 8.27. The summed E-state index contributed by atoms with van der Waals surface area (Å²) in [7, 11) is 0. The molecule has 2 aromatic rings. The second-order valence-corrected chi connectivity index (χ2v) is 7.40. The molecule has 1 fully saturated rings. The van der Waals surface area contributed by atoms with Gasteiger partial charge in [0.05, 0.1) is 6.20 Å². The molecular formula is C22H28N2O3. The van der Waals surface area contributed by atoms with Crippen LogP contribution in [0.3, 0.4) is 0 Å². The first-order chi connectivity index (χ1) is 13.1. The van der Waals surface area contributed by atoms with Crippen LogP contribution in [0.5, 0.6) is 0 Å². The molecule has 3 rings (SSSR count). The Bertz CT molecular complexity index is 747. The van der Waals surface area contributed by atoms with Crippen LogP contribution in [0, 0.1) is 12.8 Å². The van der Waals surface area contributed by atoms with E-state index < -0.39 is 0 Å². The summed E-state index contributed by atoms with van der Waals surface area (Å²) >= 11 is 0. The SMILES string of the molecule is Cc1ccccc1CCC(=O)N1CCC(CCCC(=O)c2ncco2)CC1. The highest BCUT2D eigenvalue weighted by Crippen LogP contribution is 2.24. The Morgan fingerprint density at radius 3 is 2.67 bits per heavy atom. The van der Waals surface area contributed by atoms with Crippen molar-refractivity contribution in [2.75, 3.05) is 13.1 Å². The van der Waals surface area contributed by atoms with Gasteiger partial charge in [0.15, 0.2) is 0 Å². The van der Waals surface area contributed by atoms with Crippen molar-refractivity contribution < 1.29 is 14.0 Å². The molecule has 1 aromatic carbocycles. The standard InChI is InChI=1S/C22H28N2O3/c1-17-5-2-3-7-19(17)9-10-21(26)24-14-11-18(12-15-24)6-4-8-20(25)22-23-13-16-27-22/h2-3,5,7,13,16,18H,4,6,8-12,14-15H2,1H3. The minimum atomic E-state index is -0.0242. The maximum absolute atomic E-state index is 12.5. The van der Waals surface area contributed by atoms with Crippen LogP contribution in [0.25, 0.3) is 0 Å².